The fourth-order valence-electron chi connectivity index (χ4n) is 10.9. The number of rotatable bonds is 6. The standard InChI is InChI=1S/C66H36N6/c1-69-49-23-31-63-57(35-49)55-33-41(39-67)13-29-61(55)71(63)51-25-27-53-59(37-51)65(47-19-15-45(16-20-47)43-9-5-3-6-10-43)54-28-26-52(38-60(54)66(53)48-21-17-46(18-22-48)44-11-7-4-8-12-44)72-62-30-14-42(40-68)34-56(62)58-36-50(70-2)24-32-64(58)72/h3-38H. The van der Waals surface area contributed by atoms with Gasteiger partial charge in [0.15, 0.2) is 11.4 Å². The lowest BCUT2D eigenvalue weighted by Gasteiger charge is -2.21. The van der Waals surface area contributed by atoms with Gasteiger partial charge in [-0.25, -0.2) is 9.69 Å². The molecule has 0 radical (unpaired) electrons. The van der Waals surface area contributed by atoms with E-state index in [9.17, 15) is 10.5 Å². The molecule has 13 aromatic rings. The molecule has 0 unspecified atom stereocenters. The van der Waals surface area contributed by atoms with Crippen LogP contribution in [0.2, 0.25) is 0 Å². The van der Waals surface area contributed by atoms with E-state index in [-0.39, 0.29) is 0 Å². The van der Waals surface area contributed by atoms with Crippen molar-refractivity contribution in [2.24, 2.45) is 0 Å². The first-order valence-corrected chi connectivity index (χ1v) is 23.6. The van der Waals surface area contributed by atoms with Crippen molar-refractivity contribution in [2.75, 3.05) is 0 Å². The van der Waals surface area contributed by atoms with Crippen LogP contribution in [0.25, 0.3) is 131 Å². The van der Waals surface area contributed by atoms with Crippen molar-refractivity contribution >= 4 is 76.5 Å². The molecule has 0 bridgehead atoms. The van der Waals surface area contributed by atoms with Crippen LogP contribution in [0.15, 0.2) is 218 Å². The molecule has 6 heteroatoms. The third kappa shape index (κ3) is 6.61. The highest BCUT2D eigenvalue weighted by molar-refractivity contribution is 6.23. The Kier molecular flexibility index (Phi) is 9.62. The van der Waals surface area contributed by atoms with Gasteiger partial charge >= 0.3 is 0 Å². The van der Waals surface area contributed by atoms with Gasteiger partial charge in [-0.1, -0.05) is 133 Å². The molecule has 11 aromatic carbocycles. The Hall–Kier alpha value is -10.5. The molecule has 2 aromatic heterocycles. The Balaban J connectivity index is 1.14. The number of hydrogen-bond acceptors (Lipinski definition) is 2. The minimum Gasteiger partial charge on any atom is -0.309 e. The summed E-state index contributed by atoms with van der Waals surface area (Å²) in [5, 5.41) is 27.9. The molecule has 0 aliphatic rings. The van der Waals surface area contributed by atoms with Gasteiger partial charge in [0.25, 0.3) is 0 Å². The number of nitrogens with zero attached hydrogens (tertiary/aromatic N) is 6. The van der Waals surface area contributed by atoms with Gasteiger partial charge in [-0.3, -0.25) is 0 Å². The molecule has 72 heavy (non-hydrogen) atoms. The summed E-state index contributed by atoms with van der Waals surface area (Å²) in [6.45, 7) is 15.7. The van der Waals surface area contributed by atoms with Crippen molar-refractivity contribution in [1.29, 1.82) is 10.5 Å². The molecule has 0 aliphatic heterocycles. The van der Waals surface area contributed by atoms with Gasteiger partial charge in [0.2, 0.25) is 0 Å². The Morgan fingerprint density at radius 2 is 0.653 bits per heavy atom. The number of fused-ring (bicyclic) bond motifs is 8. The molecule has 6 nitrogen and oxygen atoms in total. The molecular formula is C66H36N6. The van der Waals surface area contributed by atoms with E-state index in [0.717, 1.165) is 121 Å². The van der Waals surface area contributed by atoms with Crippen LogP contribution in [0.4, 0.5) is 11.4 Å². The molecule has 0 aliphatic carbocycles. The summed E-state index contributed by atoms with van der Waals surface area (Å²) in [5.41, 5.74) is 16.7. The van der Waals surface area contributed by atoms with Crippen LogP contribution in [0, 0.1) is 35.8 Å². The lowest BCUT2D eigenvalue weighted by molar-refractivity contribution is 1.18. The van der Waals surface area contributed by atoms with Crippen molar-refractivity contribution in [3.05, 3.63) is 252 Å². The summed E-state index contributed by atoms with van der Waals surface area (Å²) < 4.78 is 4.50. The second-order valence-electron chi connectivity index (χ2n) is 18.1. The quantitative estimate of drug-likeness (QED) is 0.123. The Labute approximate surface area is 414 Å². The van der Waals surface area contributed by atoms with Crippen molar-refractivity contribution < 1.29 is 0 Å². The Bertz CT molecular complexity index is 4130. The summed E-state index contributed by atoms with van der Waals surface area (Å²) in [5.74, 6) is 0. The molecule has 2 heterocycles. The molecule has 0 atom stereocenters. The zero-order chi connectivity index (χ0) is 48.5. The van der Waals surface area contributed by atoms with Gasteiger partial charge in [0.05, 0.1) is 58.5 Å². The van der Waals surface area contributed by atoms with Crippen molar-refractivity contribution in [1.82, 2.24) is 9.13 Å². The molecule has 0 N–H and O–H groups in total. The fourth-order valence-corrected chi connectivity index (χ4v) is 10.9. The average Bonchev–Trinajstić information content (AvgIpc) is 3.95. The van der Waals surface area contributed by atoms with E-state index in [1.165, 1.54) is 0 Å². The van der Waals surface area contributed by atoms with E-state index in [0.29, 0.717) is 22.5 Å². The highest BCUT2D eigenvalue weighted by atomic mass is 15.0. The first-order valence-electron chi connectivity index (χ1n) is 23.6. The third-order valence-electron chi connectivity index (χ3n) is 14.2. The normalized spacial score (nSPS) is 11.3. The predicted molar refractivity (Wildman–Crippen MR) is 294 cm³/mol. The molecule has 330 valence electrons. The second kappa shape index (κ2) is 16.6. The van der Waals surface area contributed by atoms with Gasteiger partial charge in [-0.05, 0) is 162 Å². The summed E-state index contributed by atoms with van der Waals surface area (Å²) in [7, 11) is 0. The number of nitriles is 2. The maximum Gasteiger partial charge on any atom is 0.188 e. The van der Waals surface area contributed by atoms with Gasteiger partial charge < -0.3 is 9.13 Å². The second-order valence-corrected chi connectivity index (χ2v) is 18.1. The van der Waals surface area contributed by atoms with Crippen LogP contribution < -0.4 is 0 Å². The summed E-state index contributed by atoms with van der Waals surface area (Å²) in [4.78, 5) is 7.54. The monoisotopic (exact) mass is 912 g/mol. The third-order valence-corrected chi connectivity index (χ3v) is 14.2. The topological polar surface area (TPSA) is 66.2 Å². The molecule has 0 saturated heterocycles. The van der Waals surface area contributed by atoms with E-state index >= 15 is 0 Å². The number of aromatic nitrogens is 2. The van der Waals surface area contributed by atoms with E-state index in [4.69, 9.17) is 13.1 Å². The summed E-state index contributed by atoms with van der Waals surface area (Å²) >= 11 is 0. The maximum atomic E-state index is 9.99. The van der Waals surface area contributed by atoms with E-state index in [1.54, 1.807) is 0 Å². The molecule has 0 amide bonds. The largest absolute Gasteiger partial charge is 0.309 e. The van der Waals surface area contributed by atoms with Crippen LogP contribution in [-0.4, -0.2) is 9.13 Å². The van der Waals surface area contributed by atoms with E-state index in [1.807, 2.05) is 84.9 Å². The Morgan fingerprint density at radius 3 is 1.03 bits per heavy atom. The van der Waals surface area contributed by atoms with Gasteiger partial charge in [0, 0.05) is 22.1 Å². The number of benzene rings is 11. The highest BCUT2D eigenvalue weighted by Crippen LogP contribution is 2.47. The minimum atomic E-state index is 0.540. The Morgan fingerprint density at radius 1 is 0.306 bits per heavy atom. The molecule has 0 fully saturated rings. The van der Waals surface area contributed by atoms with Crippen LogP contribution in [0.5, 0.6) is 0 Å². The maximum absolute atomic E-state index is 9.99. The van der Waals surface area contributed by atoms with E-state index < -0.39 is 0 Å². The van der Waals surface area contributed by atoms with Crippen LogP contribution in [0.1, 0.15) is 11.1 Å². The smallest absolute Gasteiger partial charge is 0.188 e. The molecule has 13 rings (SSSR count). The van der Waals surface area contributed by atoms with Gasteiger partial charge in [-0.15, -0.1) is 0 Å². The van der Waals surface area contributed by atoms with Crippen LogP contribution >= 0.6 is 0 Å². The fraction of sp³-hybridized carbons (Fsp3) is 0. The summed E-state index contributed by atoms with van der Waals surface area (Å²) in [6.07, 6.45) is 0. The first-order chi connectivity index (χ1) is 35.5. The molecule has 0 saturated carbocycles. The molecular weight excluding hydrogens is 877 g/mol. The number of hydrogen-bond donors (Lipinski definition) is 0. The minimum absolute atomic E-state index is 0.540. The van der Waals surface area contributed by atoms with E-state index in [2.05, 4.69) is 164 Å². The summed E-state index contributed by atoms with van der Waals surface area (Å²) in [6, 6.07) is 80.0. The van der Waals surface area contributed by atoms with Crippen LogP contribution in [0.3, 0.4) is 0 Å². The predicted octanol–water partition coefficient (Wildman–Crippen LogP) is 17.7. The zero-order valence-electron chi connectivity index (χ0n) is 38.5. The first kappa shape index (κ1) is 41.7. The lowest BCUT2D eigenvalue weighted by atomic mass is 9.85. The van der Waals surface area contributed by atoms with Crippen molar-refractivity contribution in [2.45, 2.75) is 0 Å². The molecule has 0 spiro atoms. The van der Waals surface area contributed by atoms with Crippen molar-refractivity contribution in [3.63, 3.8) is 0 Å². The lowest BCUT2D eigenvalue weighted by Crippen LogP contribution is -1.98. The van der Waals surface area contributed by atoms with Crippen molar-refractivity contribution in [3.8, 4) is 68.0 Å². The van der Waals surface area contributed by atoms with Crippen LogP contribution in [-0.2, 0) is 0 Å². The van der Waals surface area contributed by atoms with Gasteiger partial charge in [0.1, 0.15) is 0 Å². The average molecular weight is 913 g/mol. The highest BCUT2D eigenvalue weighted by Gasteiger charge is 2.22. The van der Waals surface area contributed by atoms with Gasteiger partial charge in [-0.2, -0.15) is 10.5 Å². The SMILES string of the molecule is [C-]#[N+]c1ccc2c(c1)c1cc(C#N)ccc1n2-c1ccc2c(-c3ccc(-c4ccccc4)cc3)c3cc(-n4c5ccc(C#N)cc5c5cc([N+]#[C-])ccc54)ccc3c(-c3ccc(-c4ccccc4)cc3)c2c1. The zero-order valence-corrected chi connectivity index (χ0v) is 38.5.